The van der Waals surface area contributed by atoms with Crippen LogP contribution in [-0.2, 0) is 10.0 Å². The fourth-order valence-corrected chi connectivity index (χ4v) is 4.38. The van der Waals surface area contributed by atoms with Crippen LogP contribution in [-0.4, -0.2) is 27.8 Å². The molecule has 0 saturated heterocycles. The van der Waals surface area contributed by atoms with Crippen LogP contribution in [0.15, 0.2) is 45.8 Å². The Balaban J connectivity index is 2.05. The maximum Gasteiger partial charge on any atom is 0.265 e. The van der Waals surface area contributed by atoms with E-state index in [1.54, 1.807) is 38.1 Å². The van der Waals surface area contributed by atoms with Gasteiger partial charge in [0.2, 0.25) is 0 Å². The number of hydrogen-bond donors (Lipinski definition) is 1. The maximum absolute atomic E-state index is 13.0. The van der Waals surface area contributed by atoms with E-state index in [-0.39, 0.29) is 10.6 Å². The summed E-state index contributed by atoms with van der Waals surface area (Å²) < 4.78 is 44.1. The first kappa shape index (κ1) is 20.0. The zero-order valence-electron chi connectivity index (χ0n) is 15.7. The van der Waals surface area contributed by atoms with E-state index in [1.165, 1.54) is 26.4 Å². The Hall–Kier alpha value is -2.71. The topological polar surface area (TPSA) is 90.7 Å². The fraction of sp³-hybridized carbons (Fsp3) is 0.211. The van der Waals surface area contributed by atoms with Crippen LogP contribution in [0, 0.1) is 13.8 Å². The number of benzene rings is 2. The number of ether oxygens (including phenoxy) is 2. The zero-order valence-corrected chi connectivity index (χ0v) is 17.3. The second-order valence-corrected chi connectivity index (χ2v) is 8.08. The summed E-state index contributed by atoms with van der Waals surface area (Å²) in [5.74, 6) is 1.26. The standard InChI is InChI=1S/C19H19ClN2O5S/c1-11-19(12(2)27-21-11)13-5-7-17(26-4)18(9-13)28(23,24)22-14-6-8-16(25-3)15(20)10-14/h5-10,22H,1-4H3. The monoisotopic (exact) mass is 422 g/mol. The quantitative estimate of drug-likeness (QED) is 0.631. The van der Waals surface area contributed by atoms with Crippen LogP contribution in [0.5, 0.6) is 11.5 Å². The number of sulfonamides is 1. The second-order valence-electron chi connectivity index (χ2n) is 6.02. The Kier molecular flexibility index (Phi) is 5.53. The van der Waals surface area contributed by atoms with Crippen LogP contribution >= 0.6 is 11.6 Å². The third-order valence-electron chi connectivity index (χ3n) is 4.18. The molecule has 1 heterocycles. The number of hydrogen-bond acceptors (Lipinski definition) is 6. The van der Waals surface area contributed by atoms with Crippen molar-refractivity contribution in [2.24, 2.45) is 0 Å². The Morgan fingerprint density at radius 1 is 1.04 bits per heavy atom. The van der Waals surface area contributed by atoms with Crippen molar-refractivity contribution in [3.8, 4) is 22.6 Å². The van der Waals surface area contributed by atoms with Crippen molar-refractivity contribution >= 4 is 27.3 Å². The van der Waals surface area contributed by atoms with E-state index in [4.69, 9.17) is 25.6 Å². The van der Waals surface area contributed by atoms with Gasteiger partial charge >= 0.3 is 0 Å². The number of nitrogens with zero attached hydrogens (tertiary/aromatic N) is 1. The SMILES string of the molecule is COc1ccc(NS(=O)(=O)c2cc(-c3c(C)noc3C)ccc2OC)cc1Cl. The molecule has 148 valence electrons. The van der Waals surface area contributed by atoms with Crippen LogP contribution in [0.25, 0.3) is 11.1 Å². The molecule has 0 aliphatic carbocycles. The van der Waals surface area contributed by atoms with E-state index in [1.807, 2.05) is 0 Å². The minimum Gasteiger partial charge on any atom is -0.495 e. The molecule has 7 nitrogen and oxygen atoms in total. The van der Waals surface area contributed by atoms with Gasteiger partial charge in [-0.05, 0) is 49.7 Å². The van der Waals surface area contributed by atoms with Crippen LogP contribution in [0.3, 0.4) is 0 Å². The molecule has 0 spiro atoms. The molecule has 3 rings (SSSR count). The average Bonchev–Trinajstić information content (AvgIpc) is 2.99. The first-order chi connectivity index (χ1) is 13.3. The molecule has 3 aromatic rings. The van der Waals surface area contributed by atoms with Crippen molar-refractivity contribution in [1.29, 1.82) is 0 Å². The second kappa shape index (κ2) is 7.73. The number of anilines is 1. The van der Waals surface area contributed by atoms with Gasteiger partial charge in [0.15, 0.2) is 0 Å². The number of halogens is 1. The van der Waals surface area contributed by atoms with Gasteiger partial charge in [-0.3, -0.25) is 4.72 Å². The maximum atomic E-state index is 13.0. The summed E-state index contributed by atoms with van der Waals surface area (Å²) in [5.41, 5.74) is 2.37. The number of methoxy groups -OCH3 is 2. The summed E-state index contributed by atoms with van der Waals surface area (Å²) in [7, 11) is -1.06. The van der Waals surface area contributed by atoms with E-state index < -0.39 is 10.0 Å². The van der Waals surface area contributed by atoms with Gasteiger partial charge in [-0.1, -0.05) is 22.8 Å². The van der Waals surface area contributed by atoms with Gasteiger partial charge in [0.05, 0.1) is 30.6 Å². The molecule has 0 amide bonds. The van der Waals surface area contributed by atoms with Gasteiger partial charge in [-0.15, -0.1) is 0 Å². The Labute approximate surface area is 168 Å². The number of nitrogens with one attached hydrogen (secondary N) is 1. The third-order valence-corrected chi connectivity index (χ3v) is 5.88. The average molecular weight is 423 g/mol. The lowest BCUT2D eigenvalue weighted by molar-refractivity contribution is 0.393. The van der Waals surface area contributed by atoms with Gasteiger partial charge in [-0.25, -0.2) is 8.42 Å². The van der Waals surface area contributed by atoms with Crippen LogP contribution < -0.4 is 14.2 Å². The summed E-state index contributed by atoms with van der Waals surface area (Å²) in [5, 5.41) is 4.21. The Morgan fingerprint density at radius 3 is 2.29 bits per heavy atom. The third kappa shape index (κ3) is 3.79. The fourth-order valence-electron chi connectivity index (χ4n) is 2.88. The molecule has 28 heavy (non-hydrogen) atoms. The highest BCUT2D eigenvalue weighted by atomic mass is 35.5. The van der Waals surface area contributed by atoms with Crippen molar-refractivity contribution in [3.63, 3.8) is 0 Å². The number of rotatable bonds is 6. The molecule has 1 aromatic heterocycles. The van der Waals surface area contributed by atoms with Gasteiger partial charge in [0, 0.05) is 5.56 Å². The molecule has 2 aromatic carbocycles. The molecule has 0 aliphatic heterocycles. The molecule has 0 unspecified atom stereocenters. The molecular formula is C19H19ClN2O5S. The highest BCUT2D eigenvalue weighted by molar-refractivity contribution is 7.92. The zero-order chi connectivity index (χ0) is 20.5. The van der Waals surface area contributed by atoms with E-state index in [0.29, 0.717) is 33.5 Å². The molecule has 0 fully saturated rings. The van der Waals surface area contributed by atoms with E-state index >= 15 is 0 Å². The van der Waals surface area contributed by atoms with Gasteiger partial charge in [-0.2, -0.15) is 0 Å². The Morgan fingerprint density at radius 2 is 1.71 bits per heavy atom. The first-order valence-corrected chi connectivity index (χ1v) is 10.1. The van der Waals surface area contributed by atoms with Gasteiger partial charge in [0.25, 0.3) is 10.0 Å². The van der Waals surface area contributed by atoms with Crippen molar-refractivity contribution in [2.75, 3.05) is 18.9 Å². The summed E-state index contributed by atoms with van der Waals surface area (Å²) in [4.78, 5) is -0.0144. The van der Waals surface area contributed by atoms with Crippen LogP contribution in [0.1, 0.15) is 11.5 Å². The van der Waals surface area contributed by atoms with Crippen molar-refractivity contribution in [3.05, 3.63) is 52.9 Å². The van der Waals surface area contributed by atoms with Gasteiger partial charge in [0.1, 0.15) is 22.2 Å². The Bertz CT molecular complexity index is 1110. The molecule has 0 radical (unpaired) electrons. The van der Waals surface area contributed by atoms with Crippen LogP contribution in [0.4, 0.5) is 5.69 Å². The van der Waals surface area contributed by atoms with E-state index in [2.05, 4.69) is 9.88 Å². The van der Waals surface area contributed by atoms with Crippen LogP contribution in [0.2, 0.25) is 5.02 Å². The van der Waals surface area contributed by atoms with Gasteiger partial charge < -0.3 is 14.0 Å². The smallest absolute Gasteiger partial charge is 0.265 e. The molecule has 0 saturated carbocycles. The lowest BCUT2D eigenvalue weighted by atomic mass is 10.0. The number of aryl methyl sites for hydroxylation is 2. The normalized spacial score (nSPS) is 11.3. The predicted octanol–water partition coefficient (Wildman–Crippen LogP) is 4.43. The molecule has 0 aliphatic rings. The minimum atomic E-state index is -3.96. The highest BCUT2D eigenvalue weighted by Crippen LogP contribution is 2.35. The van der Waals surface area contributed by atoms with E-state index in [9.17, 15) is 8.42 Å². The van der Waals surface area contributed by atoms with E-state index in [0.717, 1.165) is 5.56 Å². The molecular weight excluding hydrogens is 404 g/mol. The summed E-state index contributed by atoms with van der Waals surface area (Å²) in [6.45, 7) is 3.56. The largest absolute Gasteiger partial charge is 0.495 e. The molecule has 9 heteroatoms. The van der Waals surface area contributed by atoms with Crippen molar-refractivity contribution < 1.29 is 22.4 Å². The summed E-state index contributed by atoms with van der Waals surface area (Å²) in [6.07, 6.45) is 0. The summed E-state index contributed by atoms with van der Waals surface area (Å²) >= 11 is 6.09. The van der Waals surface area contributed by atoms with Crippen molar-refractivity contribution in [2.45, 2.75) is 18.7 Å². The van der Waals surface area contributed by atoms with Crippen molar-refractivity contribution in [1.82, 2.24) is 5.16 Å². The highest BCUT2D eigenvalue weighted by Gasteiger charge is 2.23. The molecule has 0 bridgehead atoms. The molecule has 0 atom stereocenters. The summed E-state index contributed by atoms with van der Waals surface area (Å²) in [6, 6.07) is 9.50. The lowest BCUT2D eigenvalue weighted by Gasteiger charge is -2.14. The lowest BCUT2D eigenvalue weighted by Crippen LogP contribution is -2.14. The number of aromatic nitrogens is 1. The predicted molar refractivity (Wildman–Crippen MR) is 107 cm³/mol. The molecule has 1 N–H and O–H groups in total. The minimum absolute atomic E-state index is 0.0144. The first-order valence-electron chi connectivity index (χ1n) is 8.24.